The Hall–Kier alpha value is -1.94. The van der Waals surface area contributed by atoms with Crippen molar-refractivity contribution in [1.29, 1.82) is 0 Å². The lowest BCUT2D eigenvalue weighted by atomic mass is 9.95. The molecule has 23 heavy (non-hydrogen) atoms. The zero-order valence-corrected chi connectivity index (χ0v) is 13.6. The van der Waals surface area contributed by atoms with Crippen molar-refractivity contribution in [3.8, 4) is 5.75 Å². The van der Waals surface area contributed by atoms with Crippen molar-refractivity contribution in [3.05, 3.63) is 52.8 Å². The lowest BCUT2D eigenvalue weighted by molar-refractivity contribution is -0.138. The lowest BCUT2D eigenvalue weighted by Crippen LogP contribution is -2.40. The van der Waals surface area contributed by atoms with Crippen molar-refractivity contribution in [1.82, 2.24) is 9.88 Å². The van der Waals surface area contributed by atoms with Gasteiger partial charge >= 0.3 is 0 Å². The topological polar surface area (TPSA) is 45.3 Å². The molecule has 1 aromatic heterocycles. The number of carbonyl (C=O) groups excluding carboxylic acids is 1. The number of aromatic nitrogens is 1. The zero-order chi connectivity index (χ0) is 15.8. The number of fused-ring (bicyclic) bond motifs is 1. The summed E-state index contributed by atoms with van der Waals surface area (Å²) >= 11 is 6.07. The Labute approximate surface area is 140 Å². The van der Waals surface area contributed by atoms with Crippen molar-refractivity contribution in [2.24, 2.45) is 5.92 Å². The number of amides is 1. The van der Waals surface area contributed by atoms with Gasteiger partial charge in [-0.2, -0.15) is 0 Å². The highest BCUT2D eigenvalue weighted by Crippen LogP contribution is 2.35. The highest BCUT2D eigenvalue weighted by Gasteiger charge is 2.36. The van der Waals surface area contributed by atoms with Crippen LogP contribution in [-0.4, -0.2) is 28.9 Å². The fraction of sp³-hybridized carbons (Fsp3) is 0.389. The summed E-state index contributed by atoms with van der Waals surface area (Å²) < 4.78 is 5.78. The van der Waals surface area contributed by atoms with Crippen LogP contribution in [0.1, 0.15) is 30.1 Å². The molecule has 0 aliphatic carbocycles. The molecule has 1 aromatic carbocycles. The van der Waals surface area contributed by atoms with Crippen LogP contribution >= 0.6 is 11.6 Å². The molecule has 0 spiro atoms. The first-order valence-corrected chi connectivity index (χ1v) is 8.45. The predicted octanol–water partition coefficient (Wildman–Crippen LogP) is 3.58. The maximum absolute atomic E-state index is 13.0. The Morgan fingerprint density at radius 3 is 3.09 bits per heavy atom. The molecule has 2 unspecified atom stereocenters. The second kappa shape index (κ2) is 5.93. The van der Waals surface area contributed by atoms with E-state index >= 15 is 0 Å². The standard InChI is InChI=1S/C18H19ClN2O2/c19-14-5-6-17-12(10-14)9-13(11-23-17)18(22)21-8-2-4-16(21)15-3-1-7-20-15/h1,3,5-7,10,13,16,20H,2,4,8-9,11H2. The van der Waals surface area contributed by atoms with Gasteiger partial charge in [0, 0.05) is 23.5 Å². The first-order chi connectivity index (χ1) is 11.2. The molecule has 120 valence electrons. The van der Waals surface area contributed by atoms with E-state index in [-0.39, 0.29) is 17.9 Å². The van der Waals surface area contributed by atoms with E-state index in [9.17, 15) is 4.79 Å². The molecule has 0 bridgehead atoms. The first-order valence-electron chi connectivity index (χ1n) is 8.07. The Morgan fingerprint density at radius 2 is 2.26 bits per heavy atom. The largest absolute Gasteiger partial charge is 0.492 e. The quantitative estimate of drug-likeness (QED) is 0.914. The van der Waals surface area contributed by atoms with E-state index in [0.29, 0.717) is 18.1 Å². The molecule has 3 heterocycles. The third-order valence-electron chi connectivity index (χ3n) is 4.79. The Kier molecular flexibility index (Phi) is 3.77. The van der Waals surface area contributed by atoms with Crippen LogP contribution in [0.15, 0.2) is 36.5 Å². The maximum atomic E-state index is 13.0. The second-order valence-electron chi connectivity index (χ2n) is 6.28. The number of likely N-dealkylation sites (tertiary alicyclic amines) is 1. The lowest BCUT2D eigenvalue weighted by Gasteiger charge is -2.31. The Morgan fingerprint density at radius 1 is 1.35 bits per heavy atom. The number of carbonyl (C=O) groups is 1. The summed E-state index contributed by atoms with van der Waals surface area (Å²) in [5, 5.41) is 0.686. The fourth-order valence-corrected chi connectivity index (χ4v) is 3.86. The number of nitrogens with zero attached hydrogens (tertiary/aromatic N) is 1. The molecule has 2 aromatic rings. The van der Waals surface area contributed by atoms with Crippen LogP contribution in [0.3, 0.4) is 0 Å². The number of nitrogens with one attached hydrogen (secondary N) is 1. The monoisotopic (exact) mass is 330 g/mol. The molecular weight excluding hydrogens is 312 g/mol. The van der Waals surface area contributed by atoms with E-state index in [1.165, 1.54) is 0 Å². The molecule has 2 aliphatic rings. The number of rotatable bonds is 2. The summed E-state index contributed by atoms with van der Waals surface area (Å²) in [6, 6.07) is 9.82. The van der Waals surface area contributed by atoms with Crippen molar-refractivity contribution in [2.45, 2.75) is 25.3 Å². The van der Waals surface area contributed by atoms with Gasteiger partial charge in [0.1, 0.15) is 12.4 Å². The van der Waals surface area contributed by atoms with Gasteiger partial charge in [-0.25, -0.2) is 0 Å². The molecule has 4 rings (SSSR count). The van der Waals surface area contributed by atoms with Crippen LogP contribution in [-0.2, 0) is 11.2 Å². The summed E-state index contributed by atoms with van der Waals surface area (Å²) in [6.07, 6.45) is 4.68. The molecule has 5 heteroatoms. The van der Waals surface area contributed by atoms with Crippen LogP contribution in [0.2, 0.25) is 5.02 Å². The first kappa shape index (κ1) is 14.6. The summed E-state index contributed by atoms with van der Waals surface area (Å²) in [5.41, 5.74) is 2.15. The van der Waals surface area contributed by atoms with Crippen LogP contribution in [0.25, 0.3) is 0 Å². The number of ether oxygens (including phenoxy) is 1. The van der Waals surface area contributed by atoms with Gasteiger partial charge in [-0.3, -0.25) is 4.79 Å². The second-order valence-corrected chi connectivity index (χ2v) is 6.72. The maximum Gasteiger partial charge on any atom is 0.230 e. The molecule has 1 fully saturated rings. The molecule has 2 aliphatic heterocycles. The summed E-state index contributed by atoms with van der Waals surface area (Å²) in [5.74, 6) is 0.907. The van der Waals surface area contributed by atoms with Gasteiger partial charge in [0.2, 0.25) is 5.91 Å². The minimum Gasteiger partial charge on any atom is -0.492 e. The number of aromatic amines is 1. The van der Waals surface area contributed by atoms with Crippen molar-refractivity contribution in [3.63, 3.8) is 0 Å². The van der Waals surface area contributed by atoms with Gasteiger partial charge in [0.25, 0.3) is 0 Å². The van der Waals surface area contributed by atoms with Crippen molar-refractivity contribution >= 4 is 17.5 Å². The predicted molar refractivity (Wildman–Crippen MR) is 88.6 cm³/mol. The molecule has 0 radical (unpaired) electrons. The van der Waals surface area contributed by atoms with Gasteiger partial charge in [-0.15, -0.1) is 0 Å². The molecule has 1 amide bonds. The van der Waals surface area contributed by atoms with Gasteiger partial charge in [0.05, 0.1) is 12.0 Å². The molecule has 4 nitrogen and oxygen atoms in total. The molecule has 0 saturated carbocycles. The van der Waals surface area contributed by atoms with Gasteiger partial charge < -0.3 is 14.6 Å². The number of hydrogen-bond acceptors (Lipinski definition) is 2. The number of hydrogen-bond donors (Lipinski definition) is 1. The van der Waals surface area contributed by atoms with E-state index in [2.05, 4.69) is 11.1 Å². The van der Waals surface area contributed by atoms with Crippen LogP contribution in [0, 0.1) is 5.92 Å². The molecular formula is C18H19ClN2O2. The Balaban J connectivity index is 1.53. The van der Waals surface area contributed by atoms with E-state index in [0.717, 1.165) is 36.4 Å². The van der Waals surface area contributed by atoms with Crippen LogP contribution in [0.5, 0.6) is 5.75 Å². The van der Waals surface area contributed by atoms with Crippen molar-refractivity contribution < 1.29 is 9.53 Å². The van der Waals surface area contributed by atoms with E-state index in [1.54, 1.807) is 0 Å². The number of halogens is 1. The average Bonchev–Trinajstić information content (AvgIpc) is 3.24. The SMILES string of the molecule is O=C(C1COc2ccc(Cl)cc2C1)N1CCCC1c1ccc[nH]1. The minimum absolute atomic E-state index is 0.128. The van der Waals surface area contributed by atoms with Gasteiger partial charge in [0.15, 0.2) is 0 Å². The highest BCUT2D eigenvalue weighted by atomic mass is 35.5. The smallest absolute Gasteiger partial charge is 0.230 e. The van der Waals surface area contributed by atoms with Crippen LogP contribution < -0.4 is 4.74 Å². The molecule has 1 saturated heterocycles. The third kappa shape index (κ3) is 2.72. The molecule has 2 atom stereocenters. The van der Waals surface area contributed by atoms with Crippen LogP contribution in [0.4, 0.5) is 0 Å². The van der Waals surface area contributed by atoms with Gasteiger partial charge in [-0.05, 0) is 55.2 Å². The highest BCUT2D eigenvalue weighted by molar-refractivity contribution is 6.30. The minimum atomic E-state index is -0.128. The van der Waals surface area contributed by atoms with Gasteiger partial charge in [-0.1, -0.05) is 11.6 Å². The fourth-order valence-electron chi connectivity index (χ4n) is 3.66. The summed E-state index contributed by atoms with van der Waals surface area (Å²) in [4.78, 5) is 18.3. The van der Waals surface area contributed by atoms with E-state index in [4.69, 9.17) is 16.3 Å². The van der Waals surface area contributed by atoms with E-state index < -0.39 is 0 Å². The zero-order valence-electron chi connectivity index (χ0n) is 12.8. The normalized spacial score (nSPS) is 23.4. The third-order valence-corrected chi connectivity index (χ3v) is 5.03. The molecule has 1 N–H and O–H groups in total. The number of benzene rings is 1. The van der Waals surface area contributed by atoms with Crippen molar-refractivity contribution in [2.75, 3.05) is 13.2 Å². The summed E-state index contributed by atoms with van der Waals surface area (Å²) in [6.45, 7) is 1.27. The average molecular weight is 331 g/mol. The van der Waals surface area contributed by atoms with E-state index in [1.807, 2.05) is 35.4 Å². The Bertz CT molecular complexity index is 714. The number of H-pyrrole nitrogens is 1. The summed E-state index contributed by atoms with van der Waals surface area (Å²) in [7, 11) is 0.